The highest BCUT2D eigenvalue weighted by Crippen LogP contribution is 2.27. The van der Waals surface area contributed by atoms with Gasteiger partial charge in [0.15, 0.2) is 0 Å². The molecule has 1 heterocycles. The third-order valence-corrected chi connectivity index (χ3v) is 1.98. The Balaban J connectivity index is 2.60. The number of hydrogen-bond acceptors (Lipinski definition) is 1. The minimum Gasteiger partial charge on any atom is -0.269 e. The largest absolute Gasteiger partial charge is 0.269 e. The highest BCUT2D eigenvalue weighted by Gasteiger charge is 2.08. The highest BCUT2D eigenvalue weighted by atomic mass is 35.5. The van der Waals surface area contributed by atoms with Crippen molar-refractivity contribution in [1.29, 1.82) is 0 Å². The summed E-state index contributed by atoms with van der Waals surface area (Å²) in [5.74, 6) is 0. The topological polar surface area (TPSA) is 26.5 Å². The average molecular weight is 166 g/mol. The van der Waals surface area contributed by atoms with Gasteiger partial charge >= 0.3 is 0 Å². The van der Waals surface area contributed by atoms with Crippen LogP contribution in [0, 0.1) is 0 Å². The standard InChI is InChI=1S/C8H6ClN2/c9-7-2-1-3-8-6(7)4-10-5-11-8/h1-3,5H,4H2. The number of aliphatic imine (C=N–C) groups is 1. The summed E-state index contributed by atoms with van der Waals surface area (Å²) >= 11 is 5.91. The van der Waals surface area contributed by atoms with Crippen molar-refractivity contribution in [2.75, 3.05) is 0 Å². The van der Waals surface area contributed by atoms with Crippen molar-refractivity contribution in [2.24, 2.45) is 4.99 Å². The van der Waals surface area contributed by atoms with Crippen LogP contribution < -0.4 is 5.32 Å². The van der Waals surface area contributed by atoms with Gasteiger partial charge < -0.3 is 0 Å². The number of nitrogens with zero attached hydrogens (tertiary/aromatic N) is 2. The van der Waals surface area contributed by atoms with E-state index in [2.05, 4.69) is 10.3 Å². The van der Waals surface area contributed by atoms with Crippen LogP contribution in [0.25, 0.3) is 0 Å². The molecule has 0 aliphatic carbocycles. The second kappa shape index (κ2) is 2.55. The van der Waals surface area contributed by atoms with Crippen LogP contribution in [0.15, 0.2) is 23.2 Å². The molecule has 0 unspecified atom stereocenters. The van der Waals surface area contributed by atoms with E-state index in [4.69, 9.17) is 11.6 Å². The zero-order valence-electron chi connectivity index (χ0n) is 5.79. The minimum atomic E-state index is 0.651. The fraction of sp³-hybridized carbons (Fsp3) is 0.125. The Bertz CT molecular complexity index is 307. The van der Waals surface area contributed by atoms with Gasteiger partial charge in [-0.2, -0.15) is 0 Å². The van der Waals surface area contributed by atoms with E-state index in [1.807, 2.05) is 18.2 Å². The molecule has 0 saturated carbocycles. The SMILES string of the molecule is Clc1cccc2c1C[N]C=N2. The number of halogens is 1. The Morgan fingerprint density at radius 1 is 1.36 bits per heavy atom. The Morgan fingerprint density at radius 2 is 2.27 bits per heavy atom. The molecular weight excluding hydrogens is 160 g/mol. The summed E-state index contributed by atoms with van der Waals surface area (Å²) in [5, 5.41) is 4.76. The van der Waals surface area contributed by atoms with Crippen LogP contribution in [0.3, 0.4) is 0 Å². The number of hydrogen-bond donors (Lipinski definition) is 0. The molecular formula is C8H6ClN2. The van der Waals surface area contributed by atoms with Gasteiger partial charge in [0.1, 0.15) is 6.34 Å². The van der Waals surface area contributed by atoms with Crippen molar-refractivity contribution in [3.63, 3.8) is 0 Å². The molecule has 11 heavy (non-hydrogen) atoms. The fourth-order valence-electron chi connectivity index (χ4n) is 1.06. The summed E-state index contributed by atoms with van der Waals surface area (Å²) in [6, 6.07) is 5.69. The first-order chi connectivity index (χ1) is 5.38. The van der Waals surface area contributed by atoms with Gasteiger partial charge in [0.05, 0.1) is 12.2 Å². The molecule has 0 saturated heterocycles. The molecule has 1 aliphatic rings. The van der Waals surface area contributed by atoms with Crippen molar-refractivity contribution in [3.8, 4) is 0 Å². The Hall–Kier alpha value is -1.02. The molecule has 1 aliphatic heterocycles. The molecule has 2 rings (SSSR count). The third-order valence-electron chi connectivity index (χ3n) is 1.62. The van der Waals surface area contributed by atoms with E-state index in [0.717, 1.165) is 16.3 Å². The second-order valence-corrected chi connectivity index (χ2v) is 2.73. The molecule has 3 heteroatoms. The van der Waals surface area contributed by atoms with E-state index < -0.39 is 0 Å². The zero-order valence-corrected chi connectivity index (χ0v) is 6.54. The van der Waals surface area contributed by atoms with Gasteiger partial charge in [-0.05, 0) is 12.1 Å². The van der Waals surface area contributed by atoms with Crippen LogP contribution in [0.2, 0.25) is 5.02 Å². The Morgan fingerprint density at radius 3 is 3.09 bits per heavy atom. The molecule has 0 atom stereocenters. The van der Waals surface area contributed by atoms with Gasteiger partial charge in [-0.3, -0.25) is 5.32 Å². The molecule has 2 nitrogen and oxygen atoms in total. The first kappa shape index (κ1) is 6.68. The van der Waals surface area contributed by atoms with Gasteiger partial charge in [0, 0.05) is 10.6 Å². The summed E-state index contributed by atoms with van der Waals surface area (Å²) < 4.78 is 0. The monoisotopic (exact) mass is 165 g/mol. The molecule has 0 aromatic heterocycles. The van der Waals surface area contributed by atoms with Crippen molar-refractivity contribution in [2.45, 2.75) is 6.54 Å². The number of fused-ring (bicyclic) bond motifs is 1. The van der Waals surface area contributed by atoms with Crippen molar-refractivity contribution in [3.05, 3.63) is 28.8 Å². The summed E-state index contributed by atoms with van der Waals surface area (Å²) in [4.78, 5) is 4.08. The van der Waals surface area contributed by atoms with Crippen molar-refractivity contribution >= 4 is 23.6 Å². The molecule has 0 spiro atoms. The van der Waals surface area contributed by atoms with Gasteiger partial charge in [0.2, 0.25) is 0 Å². The maximum Gasteiger partial charge on any atom is 0.110 e. The first-order valence-corrected chi connectivity index (χ1v) is 3.72. The summed E-state index contributed by atoms with van der Waals surface area (Å²) in [6.45, 7) is 0.651. The van der Waals surface area contributed by atoms with Gasteiger partial charge in [-0.15, -0.1) is 0 Å². The maximum absolute atomic E-state index is 5.91. The normalized spacial score (nSPS) is 13.9. The number of rotatable bonds is 0. The molecule has 1 radical (unpaired) electrons. The minimum absolute atomic E-state index is 0.651. The molecule has 55 valence electrons. The predicted molar refractivity (Wildman–Crippen MR) is 45.4 cm³/mol. The molecule has 1 aromatic carbocycles. The van der Waals surface area contributed by atoms with Crippen LogP contribution >= 0.6 is 11.6 Å². The summed E-state index contributed by atoms with van der Waals surface area (Å²) in [5.41, 5.74) is 1.96. The van der Waals surface area contributed by atoms with E-state index in [-0.39, 0.29) is 0 Å². The molecule has 0 N–H and O–H groups in total. The molecule has 1 aromatic rings. The van der Waals surface area contributed by atoms with Crippen LogP contribution in [0.4, 0.5) is 5.69 Å². The molecule has 0 bridgehead atoms. The van der Waals surface area contributed by atoms with Gasteiger partial charge in [-0.1, -0.05) is 17.7 Å². The highest BCUT2D eigenvalue weighted by molar-refractivity contribution is 6.31. The first-order valence-electron chi connectivity index (χ1n) is 3.34. The average Bonchev–Trinajstić information content (AvgIpc) is 2.06. The second-order valence-electron chi connectivity index (χ2n) is 2.32. The smallest absolute Gasteiger partial charge is 0.110 e. The number of benzene rings is 1. The molecule has 0 fully saturated rings. The lowest BCUT2D eigenvalue weighted by atomic mass is 10.1. The third kappa shape index (κ3) is 1.10. The van der Waals surface area contributed by atoms with Crippen LogP contribution in [0.5, 0.6) is 0 Å². The molecule has 0 amide bonds. The van der Waals surface area contributed by atoms with Gasteiger partial charge in [-0.25, -0.2) is 4.99 Å². The summed E-state index contributed by atoms with van der Waals surface area (Å²) in [7, 11) is 0. The van der Waals surface area contributed by atoms with E-state index in [1.165, 1.54) is 0 Å². The lowest BCUT2D eigenvalue weighted by molar-refractivity contribution is 0.898. The van der Waals surface area contributed by atoms with Gasteiger partial charge in [0.25, 0.3) is 0 Å². The quantitative estimate of drug-likeness (QED) is 0.563. The fourth-order valence-corrected chi connectivity index (χ4v) is 1.29. The Kier molecular flexibility index (Phi) is 1.55. The predicted octanol–water partition coefficient (Wildman–Crippen LogP) is 2.12. The van der Waals surface area contributed by atoms with E-state index in [1.54, 1.807) is 6.34 Å². The lowest BCUT2D eigenvalue weighted by Crippen LogP contribution is -2.06. The summed E-state index contributed by atoms with van der Waals surface area (Å²) in [6.07, 6.45) is 1.57. The van der Waals surface area contributed by atoms with Crippen molar-refractivity contribution in [1.82, 2.24) is 5.32 Å². The van der Waals surface area contributed by atoms with E-state index >= 15 is 0 Å². The van der Waals surface area contributed by atoms with Crippen LogP contribution in [-0.2, 0) is 6.54 Å². The van der Waals surface area contributed by atoms with Crippen LogP contribution in [-0.4, -0.2) is 6.34 Å². The van der Waals surface area contributed by atoms with Crippen LogP contribution in [0.1, 0.15) is 5.56 Å². The van der Waals surface area contributed by atoms with Crippen molar-refractivity contribution < 1.29 is 0 Å². The zero-order chi connectivity index (χ0) is 7.68. The Labute approximate surface area is 69.9 Å². The van der Waals surface area contributed by atoms with E-state index in [9.17, 15) is 0 Å². The van der Waals surface area contributed by atoms with E-state index in [0.29, 0.717) is 6.54 Å². The lowest BCUT2D eigenvalue weighted by Gasteiger charge is -2.09. The maximum atomic E-state index is 5.91.